The summed E-state index contributed by atoms with van der Waals surface area (Å²) in [4.78, 5) is 15.3. The molecule has 0 aliphatic carbocycles. The molecule has 0 unspecified atom stereocenters. The van der Waals surface area contributed by atoms with Crippen molar-refractivity contribution in [3.63, 3.8) is 0 Å². The van der Waals surface area contributed by atoms with Crippen molar-refractivity contribution < 1.29 is 4.79 Å². The summed E-state index contributed by atoms with van der Waals surface area (Å²) in [6.07, 6.45) is 3.52. The molecule has 5 heteroatoms. The fourth-order valence-corrected chi connectivity index (χ4v) is 2.50. The maximum absolute atomic E-state index is 12.2. The molecule has 2 aromatic carbocycles. The maximum atomic E-state index is 12.2. The molecule has 24 heavy (non-hydrogen) atoms. The quantitative estimate of drug-likeness (QED) is 0.498. The average Bonchev–Trinajstić information content (AvgIpc) is 3.00. The van der Waals surface area contributed by atoms with Crippen LogP contribution < -0.4 is 10.7 Å². The van der Waals surface area contributed by atoms with Crippen LogP contribution in [0.1, 0.15) is 18.1 Å². The van der Waals surface area contributed by atoms with Gasteiger partial charge in [0.15, 0.2) is 0 Å². The average molecular weight is 320 g/mol. The number of aromatic nitrogens is 1. The summed E-state index contributed by atoms with van der Waals surface area (Å²) in [5, 5.41) is 8.33. The zero-order chi connectivity index (χ0) is 16.9. The van der Waals surface area contributed by atoms with Gasteiger partial charge in [-0.3, -0.25) is 4.79 Å². The predicted molar refractivity (Wildman–Crippen MR) is 98.3 cm³/mol. The number of aromatic amines is 1. The molecular formula is C19H20N4O. The van der Waals surface area contributed by atoms with Crippen LogP contribution in [0.25, 0.3) is 10.9 Å². The molecule has 5 nitrogen and oxygen atoms in total. The summed E-state index contributed by atoms with van der Waals surface area (Å²) in [7, 11) is 0. The lowest BCUT2D eigenvalue weighted by atomic mass is 10.2. The van der Waals surface area contributed by atoms with Gasteiger partial charge in [-0.15, -0.1) is 0 Å². The second kappa shape index (κ2) is 7.00. The van der Waals surface area contributed by atoms with Crippen LogP contribution in [0, 0.1) is 6.92 Å². The highest BCUT2D eigenvalue weighted by Crippen LogP contribution is 2.16. The van der Waals surface area contributed by atoms with Crippen molar-refractivity contribution in [2.45, 2.75) is 19.9 Å². The topological polar surface area (TPSA) is 69.3 Å². The van der Waals surface area contributed by atoms with Crippen molar-refractivity contribution in [3.05, 3.63) is 65.9 Å². The molecule has 1 aromatic heterocycles. The Labute approximate surface area is 140 Å². The van der Waals surface area contributed by atoms with Gasteiger partial charge in [-0.25, -0.2) is 5.43 Å². The van der Waals surface area contributed by atoms with Gasteiger partial charge in [0, 0.05) is 28.4 Å². The van der Waals surface area contributed by atoms with Gasteiger partial charge >= 0.3 is 0 Å². The Morgan fingerprint density at radius 1 is 1.17 bits per heavy atom. The highest BCUT2D eigenvalue weighted by atomic mass is 16.2. The standard InChI is InChI=1S/C19H20N4O/c1-13-7-3-5-9-17(13)22-14(2)19(24)23-21-12-15-11-20-18-10-6-4-8-16(15)18/h3-12,14,20,22H,1-2H3,(H,23,24)/b21-12-/t14-/m1/s1. The minimum atomic E-state index is -0.383. The summed E-state index contributed by atoms with van der Waals surface area (Å²) < 4.78 is 0. The number of aryl methyl sites for hydroxylation is 1. The molecule has 0 saturated carbocycles. The number of nitrogens with one attached hydrogen (secondary N) is 3. The molecule has 0 saturated heterocycles. The maximum Gasteiger partial charge on any atom is 0.262 e. The van der Waals surface area contributed by atoms with Gasteiger partial charge in [-0.2, -0.15) is 5.10 Å². The summed E-state index contributed by atoms with van der Waals surface area (Å²) in [6.45, 7) is 3.81. The molecule has 0 radical (unpaired) electrons. The Morgan fingerprint density at radius 2 is 1.92 bits per heavy atom. The van der Waals surface area contributed by atoms with Crippen molar-refractivity contribution in [2.75, 3.05) is 5.32 Å². The Kier molecular flexibility index (Phi) is 4.61. The Hall–Kier alpha value is -3.08. The molecule has 3 rings (SSSR count). The molecular weight excluding hydrogens is 300 g/mol. The number of carbonyl (C=O) groups excluding carboxylic acids is 1. The molecule has 0 aliphatic heterocycles. The molecule has 1 amide bonds. The van der Waals surface area contributed by atoms with Gasteiger partial charge in [0.25, 0.3) is 5.91 Å². The second-order valence-corrected chi connectivity index (χ2v) is 5.70. The first-order valence-corrected chi connectivity index (χ1v) is 7.86. The van der Waals surface area contributed by atoms with Gasteiger partial charge in [0.05, 0.1) is 6.21 Å². The number of fused-ring (bicyclic) bond motifs is 1. The van der Waals surface area contributed by atoms with E-state index in [9.17, 15) is 4.79 Å². The van der Waals surface area contributed by atoms with Crippen molar-refractivity contribution in [1.82, 2.24) is 10.4 Å². The fourth-order valence-electron chi connectivity index (χ4n) is 2.50. The van der Waals surface area contributed by atoms with Gasteiger partial charge in [0.1, 0.15) is 6.04 Å². The number of hydrogen-bond acceptors (Lipinski definition) is 3. The molecule has 0 aliphatic rings. The number of anilines is 1. The Balaban J connectivity index is 1.61. The predicted octanol–water partition coefficient (Wildman–Crippen LogP) is 3.43. The van der Waals surface area contributed by atoms with Gasteiger partial charge in [-0.1, -0.05) is 36.4 Å². The molecule has 1 atom stereocenters. The minimum absolute atomic E-state index is 0.186. The number of nitrogens with zero attached hydrogens (tertiary/aromatic N) is 1. The van der Waals surface area contributed by atoms with Crippen molar-refractivity contribution in [3.8, 4) is 0 Å². The zero-order valence-electron chi connectivity index (χ0n) is 13.7. The molecule has 3 aromatic rings. The minimum Gasteiger partial charge on any atom is -0.374 e. The normalized spacial score (nSPS) is 12.4. The molecule has 1 heterocycles. The largest absolute Gasteiger partial charge is 0.374 e. The fraction of sp³-hybridized carbons (Fsp3) is 0.158. The van der Waals surface area contributed by atoms with E-state index in [1.807, 2.05) is 68.6 Å². The van der Waals surface area contributed by atoms with E-state index >= 15 is 0 Å². The summed E-state index contributed by atoms with van der Waals surface area (Å²) in [5.41, 5.74) is 6.60. The van der Waals surface area contributed by atoms with Crippen molar-refractivity contribution >= 4 is 28.7 Å². The molecule has 3 N–H and O–H groups in total. The molecule has 0 bridgehead atoms. The van der Waals surface area contributed by atoms with E-state index in [0.29, 0.717) is 0 Å². The summed E-state index contributed by atoms with van der Waals surface area (Å²) >= 11 is 0. The van der Waals surface area contributed by atoms with E-state index in [1.54, 1.807) is 6.21 Å². The van der Waals surface area contributed by atoms with E-state index in [-0.39, 0.29) is 11.9 Å². The number of rotatable bonds is 5. The van der Waals surface area contributed by atoms with Crippen LogP contribution in [0.15, 0.2) is 59.8 Å². The molecule has 0 fully saturated rings. The lowest BCUT2D eigenvalue weighted by Gasteiger charge is -2.15. The SMILES string of the molecule is Cc1ccccc1N[C@H](C)C(=O)N/N=C\c1c[nH]c2ccccc12. The van der Waals surface area contributed by atoms with Crippen LogP contribution in [0.2, 0.25) is 0 Å². The number of hydrogen-bond donors (Lipinski definition) is 3. The molecule has 122 valence electrons. The van der Waals surface area contributed by atoms with Crippen LogP contribution in [-0.4, -0.2) is 23.1 Å². The third kappa shape index (κ3) is 3.46. The van der Waals surface area contributed by atoms with Crippen LogP contribution in [0.3, 0.4) is 0 Å². The van der Waals surface area contributed by atoms with E-state index in [4.69, 9.17) is 0 Å². The van der Waals surface area contributed by atoms with E-state index in [0.717, 1.165) is 27.7 Å². The van der Waals surface area contributed by atoms with E-state index < -0.39 is 0 Å². The van der Waals surface area contributed by atoms with Crippen LogP contribution in [0.4, 0.5) is 5.69 Å². The lowest BCUT2D eigenvalue weighted by molar-refractivity contribution is -0.121. The summed E-state index contributed by atoms with van der Waals surface area (Å²) in [5.74, 6) is -0.186. The Morgan fingerprint density at radius 3 is 2.75 bits per heavy atom. The van der Waals surface area contributed by atoms with Gasteiger partial charge in [0.2, 0.25) is 0 Å². The van der Waals surface area contributed by atoms with E-state index in [2.05, 4.69) is 20.8 Å². The van der Waals surface area contributed by atoms with Gasteiger partial charge < -0.3 is 10.3 Å². The van der Waals surface area contributed by atoms with Crippen molar-refractivity contribution in [2.24, 2.45) is 5.10 Å². The third-order valence-electron chi connectivity index (χ3n) is 3.91. The van der Waals surface area contributed by atoms with Gasteiger partial charge in [-0.05, 0) is 31.5 Å². The van der Waals surface area contributed by atoms with Crippen LogP contribution >= 0.6 is 0 Å². The van der Waals surface area contributed by atoms with Crippen LogP contribution in [0.5, 0.6) is 0 Å². The number of carbonyl (C=O) groups is 1. The lowest BCUT2D eigenvalue weighted by Crippen LogP contribution is -2.35. The number of H-pyrrole nitrogens is 1. The Bertz CT molecular complexity index is 882. The number of amides is 1. The van der Waals surface area contributed by atoms with Crippen molar-refractivity contribution in [1.29, 1.82) is 0 Å². The number of hydrazone groups is 1. The molecule has 0 spiro atoms. The highest BCUT2D eigenvalue weighted by molar-refractivity contribution is 5.99. The second-order valence-electron chi connectivity index (χ2n) is 5.70. The number of benzene rings is 2. The monoisotopic (exact) mass is 320 g/mol. The zero-order valence-corrected chi connectivity index (χ0v) is 13.7. The highest BCUT2D eigenvalue weighted by Gasteiger charge is 2.12. The first-order chi connectivity index (χ1) is 11.6. The third-order valence-corrected chi connectivity index (χ3v) is 3.91. The first-order valence-electron chi connectivity index (χ1n) is 7.86. The summed E-state index contributed by atoms with van der Waals surface area (Å²) in [6, 6.07) is 15.4. The van der Waals surface area contributed by atoms with E-state index in [1.165, 1.54) is 0 Å². The smallest absolute Gasteiger partial charge is 0.262 e. The number of para-hydroxylation sites is 2. The first kappa shape index (κ1) is 15.8. The van der Waals surface area contributed by atoms with Crippen LogP contribution in [-0.2, 0) is 4.79 Å².